The molecule has 0 aliphatic rings. The number of carboxylic acids is 1. The Bertz CT molecular complexity index is 604. The molecule has 1 N–H and O–H groups in total. The van der Waals surface area contributed by atoms with Gasteiger partial charge in [0, 0.05) is 6.61 Å². The van der Waals surface area contributed by atoms with E-state index in [9.17, 15) is 4.79 Å². The summed E-state index contributed by atoms with van der Waals surface area (Å²) in [5, 5.41) is 17.1. The van der Waals surface area contributed by atoms with Crippen LogP contribution in [0.25, 0.3) is 11.0 Å². The number of benzene rings is 1. The van der Waals surface area contributed by atoms with Gasteiger partial charge in [-0.3, -0.25) is 0 Å². The van der Waals surface area contributed by atoms with Crippen molar-refractivity contribution in [2.24, 2.45) is 0 Å². The zero-order valence-electron chi connectivity index (χ0n) is 11.3. The van der Waals surface area contributed by atoms with Gasteiger partial charge in [-0.1, -0.05) is 11.3 Å². The molecular formula is C13H17N3O3. The van der Waals surface area contributed by atoms with E-state index >= 15 is 0 Å². The van der Waals surface area contributed by atoms with Crippen molar-refractivity contribution in [1.29, 1.82) is 0 Å². The Balaban J connectivity index is 2.41. The molecule has 0 spiro atoms. The van der Waals surface area contributed by atoms with Gasteiger partial charge in [0.1, 0.15) is 5.52 Å². The SMILES string of the molecule is CCOC(C)(C)Cn1nnc2c(C(=O)O)cccc21. The standard InChI is InChI=1S/C13H17N3O3/c1-4-19-13(2,3)8-16-10-7-5-6-9(12(17)18)11(10)14-15-16/h5-7H,4,8H2,1-3H3,(H,17,18). The lowest BCUT2D eigenvalue weighted by Crippen LogP contribution is -2.31. The lowest BCUT2D eigenvalue weighted by atomic mass is 10.1. The maximum atomic E-state index is 11.1. The molecule has 6 nitrogen and oxygen atoms in total. The normalized spacial score (nSPS) is 11.9. The van der Waals surface area contributed by atoms with Crippen molar-refractivity contribution in [2.75, 3.05) is 6.61 Å². The second-order valence-corrected chi connectivity index (χ2v) is 4.92. The van der Waals surface area contributed by atoms with Gasteiger partial charge in [-0.05, 0) is 32.9 Å². The Labute approximate surface area is 111 Å². The number of ether oxygens (including phenoxy) is 1. The molecule has 0 atom stereocenters. The smallest absolute Gasteiger partial charge is 0.338 e. The molecule has 19 heavy (non-hydrogen) atoms. The van der Waals surface area contributed by atoms with E-state index in [1.54, 1.807) is 10.7 Å². The summed E-state index contributed by atoms with van der Waals surface area (Å²) in [5.41, 5.74) is 0.891. The van der Waals surface area contributed by atoms with Crippen molar-refractivity contribution in [3.05, 3.63) is 23.8 Å². The second-order valence-electron chi connectivity index (χ2n) is 4.92. The molecule has 1 aromatic carbocycles. The molecule has 0 bridgehead atoms. The third-order valence-corrected chi connectivity index (χ3v) is 2.84. The van der Waals surface area contributed by atoms with Crippen LogP contribution in [0.5, 0.6) is 0 Å². The Morgan fingerprint density at radius 2 is 2.21 bits per heavy atom. The zero-order valence-corrected chi connectivity index (χ0v) is 11.3. The van der Waals surface area contributed by atoms with Gasteiger partial charge in [0.15, 0.2) is 0 Å². The summed E-state index contributed by atoms with van der Waals surface area (Å²) in [6, 6.07) is 5.03. The van der Waals surface area contributed by atoms with Crippen LogP contribution in [0.15, 0.2) is 18.2 Å². The van der Waals surface area contributed by atoms with Gasteiger partial charge in [0.25, 0.3) is 0 Å². The summed E-state index contributed by atoms with van der Waals surface area (Å²) >= 11 is 0. The Kier molecular flexibility index (Phi) is 3.53. The monoisotopic (exact) mass is 263 g/mol. The Morgan fingerprint density at radius 1 is 1.47 bits per heavy atom. The predicted molar refractivity (Wildman–Crippen MR) is 70.2 cm³/mol. The fourth-order valence-electron chi connectivity index (χ4n) is 2.08. The van der Waals surface area contributed by atoms with Gasteiger partial charge < -0.3 is 9.84 Å². The van der Waals surface area contributed by atoms with Gasteiger partial charge in [-0.2, -0.15) is 0 Å². The molecular weight excluding hydrogens is 246 g/mol. The van der Waals surface area contributed by atoms with Gasteiger partial charge in [0.05, 0.1) is 23.2 Å². The summed E-state index contributed by atoms with van der Waals surface area (Å²) in [5.74, 6) is -0.998. The summed E-state index contributed by atoms with van der Waals surface area (Å²) in [6.45, 7) is 6.99. The summed E-state index contributed by atoms with van der Waals surface area (Å²) in [7, 11) is 0. The van der Waals surface area contributed by atoms with E-state index in [0.29, 0.717) is 24.2 Å². The molecule has 1 aromatic heterocycles. The number of rotatable bonds is 5. The van der Waals surface area contributed by atoms with E-state index < -0.39 is 5.97 Å². The van der Waals surface area contributed by atoms with E-state index in [-0.39, 0.29) is 11.2 Å². The Hall–Kier alpha value is -1.95. The van der Waals surface area contributed by atoms with Crippen LogP contribution in [0.3, 0.4) is 0 Å². The molecule has 0 saturated heterocycles. The maximum Gasteiger partial charge on any atom is 0.338 e. The molecule has 102 valence electrons. The highest BCUT2D eigenvalue weighted by atomic mass is 16.5. The topological polar surface area (TPSA) is 77.2 Å². The highest BCUT2D eigenvalue weighted by Gasteiger charge is 2.21. The average Bonchev–Trinajstić information content (AvgIpc) is 2.71. The molecule has 0 amide bonds. The van der Waals surface area contributed by atoms with Gasteiger partial charge in [-0.25, -0.2) is 9.48 Å². The number of nitrogens with zero attached hydrogens (tertiary/aromatic N) is 3. The van der Waals surface area contributed by atoms with Gasteiger partial charge in [-0.15, -0.1) is 5.10 Å². The molecule has 0 unspecified atom stereocenters. The first-order valence-electron chi connectivity index (χ1n) is 6.14. The Morgan fingerprint density at radius 3 is 2.84 bits per heavy atom. The van der Waals surface area contributed by atoms with Crippen LogP contribution in [0, 0.1) is 0 Å². The summed E-state index contributed by atoms with van der Waals surface area (Å²) in [4.78, 5) is 11.1. The van der Waals surface area contributed by atoms with Crippen molar-refractivity contribution in [1.82, 2.24) is 15.0 Å². The lowest BCUT2D eigenvalue weighted by Gasteiger charge is -2.24. The molecule has 0 radical (unpaired) electrons. The van der Waals surface area contributed by atoms with Crippen molar-refractivity contribution >= 4 is 17.0 Å². The quantitative estimate of drug-likeness (QED) is 0.892. The highest BCUT2D eigenvalue weighted by molar-refractivity contribution is 6.00. The second kappa shape index (κ2) is 4.97. The third-order valence-electron chi connectivity index (χ3n) is 2.84. The zero-order chi connectivity index (χ0) is 14.0. The highest BCUT2D eigenvalue weighted by Crippen LogP contribution is 2.19. The first-order chi connectivity index (χ1) is 8.94. The van der Waals surface area contributed by atoms with Crippen LogP contribution in [-0.4, -0.2) is 38.3 Å². The first kappa shape index (κ1) is 13.5. The van der Waals surface area contributed by atoms with Crippen LogP contribution in [0.4, 0.5) is 0 Å². The van der Waals surface area contributed by atoms with E-state index in [0.717, 1.165) is 0 Å². The van der Waals surface area contributed by atoms with Crippen LogP contribution in [0.2, 0.25) is 0 Å². The molecule has 0 aliphatic carbocycles. The van der Waals surface area contributed by atoms with Crippen molar-refractivity contribution < 1.29 is 14.6 Å². The van der Waals surface area contributed by atoms with Gasteiger partial charge >= 0.3 is 5.97 Å². The average molecular weight is 263 g/mol. The van der Waals surface area contributed by atoms with Crippen molar-refractivity contribution in [3.63, 3.8) is 0 Å². The summed E-state index contributed by atoms with van der Waals surface area (Å²) < 4.78 is 7.30. The van der Waals surface area contributed by atoms with Gasteiger partial charge in [0.2, 0.25) is 0 Å². The number of hydrogen-bond acceptors (Lipinski definition) is 4. The minimum atomic E-state index is -0.998. The summed E-state index contributed by atoms with van der Waals surface area (Å²) in [6.07, 6.45) is 0. The first-order valence-corrected chi connectivity index (χ1v) is 6.14. The molecule has 6 heteroatoms. The third kappa shape index (κ3) is 2.73. The number of carbonyl (C=O) groups is 1. The molecule has 1 heterocycles. The number of aromatic carboxylic acids is 1. The molecule has 2 rings (SSSR count). The number of aromatic nitrogens is 3. The molecule has 0 fully saturated rings. The predicted octanol–water partition coefficient (Wildman–Crippen LogP) is 1.94. The fraction of sp³-hybridized carbons (Fsp3) is 0.462. The van der Waals surface area contributed by atoms with Crippen LogP contribution < -0.4 is 0 Å². The fourth-order valence-corrected chi connectivity index (χ4v) is 2.08. The minimum absolute atomic E-state index is 0.165. The van der Waals surface area contributed by atoms with Crippen LogP contribution >= 0.6 is 0 Å². The maximum absolute atomic E-state index is 11.1. The van der Waals surface area contributed by atoms with E-state index in [2.05, 4.69) is 10.3 Å². The van der Waals surface area contributed by atoms with E-state index in [4.69, 9.17) is 9.84 Å². The van der Waals surface area contributed by atoms with Crippen LogP contribution in [-0.2, 0) is 11.3 Å². The van der Waals surface area contributed by atoms with Crippen LogP contribution in [0.1, 0.15) is 31.1 Å². The minimum Gasteiger partial charge on any atom is -0.478 e. The molecule has 0 aliphatic heterocycles. The number of hydrogen-bond donors (Lipinski definition) is 1. The van der Waals surface area contributed by atoms with Crippen molar-refractivity contribution in [2.45, 2.75) is 32.9 Å². The van der Waals surface area contributed by atoms with E-state index in [1.807, 2.05) is 26.8 Å². The number of carboxylic acid groups (broad SMARTS) is 1. The largest absolute Gasteiger partial charge is 0.478 e. The van der Waals surface area contributed by atoms with Crippen molar-refractivity contribution in [3.8, 4) is 0 Å². The molecule has 2 aromatic rings. The van der Waals surface area contributed by atoms with E-state index in [1.165, 1.54) is 6.07 Å². The molecule has 0 saturated carbocycles. The lowest BCUT2D eigenvalue weighted by molar-refractivity contribution is -0.0241. The number of fused-ring (bicyclic) bond motifs is 1.